The van der Waals surface area contributed by atoms with Gasteiger partial charge in [0.15, 0.2) is 0 Å². The Balaban J connectivity index is 1.38. The lowest BCUT2D eigenvalue weighted by atomic mass is 10.0. The summed E-state index contributed by atoms with van der Waals surface area (Å²) in [4.78, 5) is 62.4. The van der Waals surface area contributed by atoms with E-state index in [2.05, 4.69) is 20.8 Å². The lowest BCUT2D eigenvalue weighted by molar-refractivity contribution is -0.150. The molecule has 16 heteroatoms. The Morgan fingerprint density at radius 2 is 1.95 bits per heavy atom. The van der Waals surface area contributed by atoms with Crippen LogP contribution in [-0.4, -0.2) is 78.5 Å². The molecule has 1 unspecified atom stereocenters. The number of carboxylic acid groups (broad SMARTS) is 1. The summed E-state index contributed by atoms with van der Waals surface area (Å²) < 4.78 is 10.6. The van der Waals surface area contributed by atoms with E-state index < -0.39 is 46.8 Å². The number of aliphatic carboxylic acids is 1. The van der Waals surface area contributed by atoms with Crippen molar-refractivity contribution in [2.75, 3.05) is 16.8 Å². The highest BCUT2D eigenvalue weighted by Gasteiger charge is 2.54. The van der Waals surface area contributed by atoms with E-state index in [1.165, 1.54) is 16.7 Å². The molecule has 2 aliphatic rings. The molecule has 4 amide bonds. The molecule has 218 valence electrons. The van der Waals surface area contributed by atoms with E-state index in [-0.39, 0.29) is 35.4 Å². The van der Waals surface area contributed by atoms with Crippen LogP contribution >= 0.6 is 23.5 Å². The highest BCUT2D eigenvalue weighted by Crippen LogP contribution is 2.41. The minimum atomic E-state index is -1.27. The summed E-state index contributed by atoms with van der Waals surface area (Å²) in [6.07, 6.45) is -1.01. The maximum atomic E-state index is 13.0. The Bertz CT molecular complexity index is 1420. The largest absolute Gasteiger partial charge is 0.477 e. The molecule has 2 atom stereocenters. The SMILES string of the molecule is CC(C)(C)OC(=O)Nc1ccccc1CC(=O)NC1C(=O)N2C(C(=O)O)=C(CSc3nnc(CC(N)=O)o3)CS[C@H]12. The summed E-state index contributed by atoms with van der Waals surface area (Å²) in [6, 6.07) is 5.82. The van der Waals surface area contributed by atoms with Crippen LogP contribution in [0.2, 0.25) is 0 Å². The zero-order valence-electron chi connectivity index (χ0n) is 22.3. The van der Waals surface area contributed by atoms with Crippen LogP contribution in [-0.2, 0) is 36.8 Å². The topological polar surface area (TPSA) is 207 Å². The summed E-state index contributed by atoms with van der Waals surface area (Å²) in [5, 5.41) is 22.3. The number of carbonyl (C=O) groups excluding carboxylic acids is 4. The van der Waals surface area contributed by atoms with Gasteiger partial charge in [0.2, 0.25) is 17.7 Å². The monoisotopic (exact) mass is 604 g/mol. The van der Waals surface area contributed by atoms with E-state index >= 15 is 0 Å². The number of fused-ring (bicyclic) bond motifs is 1. The van der Waals surface area contributed by atoms with Gasteiger partial charge in [-0.3, -0.25) is 24.6 Å². The number of nitrogens with one attached hydrogen (secondary N) is 2. The predicted molar refractivity (Wildman–Crippen MR) is 148 cm³/mol. The molecule has 2 aliphatic heterocycles. The molecule has 14 nitrogen and oxygen atoms in total. The number of thioether (sulfide) groups is 2. The maximum absolute atomic E-state index is 13.0. The van der Waals surface area contributed by atoms with Gasteiger partial charge in [0.05, 0.1) is 6.42 Å². The first-order valence-electron chi connectivity index (χ1n) is 12.3. The Morgan fingerprint density at radius 1 is 1.22 bits per heavy atom. The standard InChI is InChI=1S/C25H28N6O8S2/c1-25(2,3)39-23(37)27-14-7-5-4-6-12(14)8-16(33)28-18-20(34)31-19(22(35)36)13(10-40-21(18)31)11-41-24-30-29-17(38-24)9-15(26)32/h4-7,18,21H,8-11H2,1-3H3,(H2,26,32)(H,27,37)(H,28,33)(H,35,36)/t18?,21-/m1/s1. The number of amides is 4. The van der Waals surface area contributed by atoms with Gasteiger partial charge in [0.1, 0.15) is 29.1 Å². The van der Waals surface area contributed by atoms with Crippen LogP contribution in [0.5, 0.6) is 0 Å². The summed E-state index contributed by atoms with van der Waals surface area (Å²) in [6.45, 7) is 5.20. The van der Waals surface area contributed by atoms with E-state index in [1.54, 1.807) is 45.0 Å². The van der Waals surface area contributed by atoms with Crippen LogP contribution in [0.1, 0.15) is 32.2 Å². The fourth-order valence-corrected chi connectivity index (χ4v) is 6.33. The molecule has 2 aromatic rings. The molecular weight excluding hydrogens is 576 g/mol. The highest BCUT2D eigenvalue weighted by molar-refractivity contribution is 8.01. The molecule has 0 radical (unpaired) electrons. The lowest BCUT2D eigenvalue weighted by Gasteiger charge is -2.49. The van der Waals surface area contributed by atoms with Gasteiger partial charge in [-0.1, -0.05) is 30.0 Å². The third kappa shape index (κ3) is 7.38. The first-order valence-corrected chi connectivity index (χ1v) is 14.4. The summed E-state index contributed by atoms with van der Waals surface area (Å²) in [5.74, 6) is -2.42. The molecule has 1 fully saturated rings. The quantitative estimate of drug-likeness (QED) is 0.225. The van der Waals surface area contributed by atoms with Crippen molar-refractivity contribution < 1.29 is 38.2 Å². The molecule has 5 N–H and O–H groups in total. The molecule has 0 bridgehead atoms. The van der Waals surface area contributed by atoms with Crippen LogP contribution in [0.3, 0.4) is 0 Å². The fraction of sp³-hybridized carbons (Fsp3) is 0.400. The van der Waals surface area contributed by atoms with E-state index in [0.717, 1.165) is 11.8 Å². The van der Waals surface area contributed by atoms with E-state index in [1.807, 2.05) is 0 Å². The number of ether oxygens (including phenoxy) is 1. The number of hydrogen-bond acceptors (Lipinski definition) is 11. The Kier molecular flexibility index (Phi) is 8.92. The number of para-hydroxylation sites is 1. The molecule has 1 aromatic carbocycles. The third-order valence-electron chi connectivity index (χ3n) is 5.71. The van der Waals surface area contributed by atoms with Crippen molar-refractivity contribution in [3.63, 3.8) is 0 Å². The van der Waals surface area contributed by atoms with E-state index in [4.69, 9.17) is 14.9 Å². The van der Waals surface area contributed by atoms with Crippen molar-refractivity contribution in [2.24, 2.45) is 5.73 Å². The predicted octanol–water partition coefficient (Wildman–Crippen LogP) is 1.52. The third-order valence-corrected chi connectivity index (χ3v) is 7.96. The van der Waals surface area contributed by atoms with Crippen molar-refractivity contribution >= 4 is 59.0 Å². The minimum Gasteiger partial charge on any atom is -0.477 e. The molecule has 0 saturated carbocycles. The molecule has 41 heavy (non-hydrogen) atoms. The molecule has 1 aromatic heterocycles. The molecule has 0 aliphatic carbocycles. The number of anilines is 1. The average Bonchev–Trinajstić information content (AvgIpc) is 3.31. The Hall–Kier alpha value is -4.05. The molecular formula is C25H28N6O8S2. The zero-order valence-corrected chi connectivity index (χ0v) is 24.0. The van der Waals surface area contributed by atoms with Crippen molar-refractivity contribution in [1.82, 2.24) is 20.4 Å². The van der Waals surface area contributed by atoms with Crippen LogP contribution < -0.4 is 16.4 Å². The van der Waals surface area contributed by atoms with Crippen LogP contribution in [0.4, 0.5) is 10.5 Å². The second kappa shape index (κ2) is 12.2. The zero-order chi connectivity index (χ0) is 29.9. The van der Waals surface area contributed by atoms with Gasteiger partial charge < -0.3 is 25.3 Å². The molecule has 1 saturated heterocycles. The van der Waals surface area contributed by atoms with Gasteiger partial charge in [-0.05, 0) is 38.0 Å². The number of carboxylic acids is 1. The van der Waals surface area contributed by atoms with E-state index in [9.17, 15) is 29.1 Å². The van der Waals surface area contributed by atoms with Gasteiger partial charge in [-0.25, -0.2) is 9.59 Å². The number of β-lactam (4-membered cyclic amide) rings is 1. The summed E-state index contributed by atoms with van der Waals surface area (Å²) in [5.41, 5.74) is 5.64. The second-order valence-corrected chi connectivity index (χ2v) is 12.1. The average molecular weight is 605 g/mol. The van der Waals surface area contributed by atoms with Gasteiger partial charge >= 0.3 is 12.1 Å². The van der Waals surface area contributed by atoms with E-state index in [0.29, 0.717) is 22.6 Å². The van der Waals surface area contributed by atoms with Crippen LogP contribution in [0.25, 0.3) is 0 Å². The Morgan fingerprint density at radius 3 is 2.63 bits per heavy atom. The van der Waals surface area contributed by atoms with Gasteiger partial charge in [0, 0.05) is 17.2 Å². The summed E-state index contributed by atoms with van der Waals surface area (Å²) in [7, 11) is 0. The highest BCUT2D eigenvalue weighted by atomic mass is 32.2. The number of nitrogens with two attached hydrogens (primary N) is 1. The number of benzene rings is 1. The van der Waals surface area contributed by atoms with Crippen molar-refractivity contribution in [3.05, 3.63) is 47.0 Å². The maximum Gasteiger partial charge on any atom is 0.412 e. The number of nitrogens with zero attached hydrogens (tertiary/aromatic N) is 3. The second-order valence-electron chi connectivity index (χ2n) is 10.1. The first-order chi connectivity index (χ1) is 19.3. The Labute approximate surface area is 242 Å². The number of hydrogen-bond donors (Lipinski definition) is 4. The van der Waals surface area contributed by atoms with Gasteiger partial charge in [-0.2, -0.15) is 0 Å². The smallest absolute Gasteiger partial charge is 0.412 e. The molecule has 0 spiro atoms. The number of aromatic nitrogens is 2. The van der Waals surface area contributed by atoms with Crippen LogP contribution in [0.15, 0.2) is 45.2 Å². The molecule has 3 heterocycles. The van der Waals surface area contributed by atoms with Crippen molar-refractivity contribution in [3.8, 4) is 0 Å². The number of rotatable bonds is 10. The fourth-order valence-electron chi connectivity index (χ4n) is 4.07. The number of carbonyl (C=O) groups is 5. The van der Waals surface area contributed by atoms with Gasteiger partial charge in [0.25, 0.3) is 11.1 Å². The first kappa shape index (κ1) is 29.9. The van der Waals surface area contributed by atoms with Crippen LogP contribution in [0, 0.1) is 0 Å². The van der Waals surface area contributed by atoms with Crippen molar-refractivity contribution in [1.29, 1.82) is 0 Å². The molecule has 4 rings (SSSR count). The summed E-state index contributed by atoms with van der Waals surface area (Å²) >= 11 is 2.39. The normalized spacial score (nSPS) is 18.3. The number of primary amides is 1. The minimum absolute atomic E-state index is 0.0465. The lowest BCUT2D eigenvalue weighted by Crippen LogP contribution is -2.70. The van der Waals surface area contributed by atoms with Gasteiger partial charge in [-0.15, -0.1) is 22.0 Å². The van der Waals surface area contributed by atoms with Crippen molar-refractivity contribution in [2.45, 2.75) is 55.9 Å².